The van der Waals surface area contributed by atoms with Gasteiger partial charge in [0.1, 0.15) is 0 Å². The quantitative estimate of drug-likeness (QED) is 0.362. The van der Waals surface area contributed by atoms with Crippen LogP contribution >= 0.6 is 11.6 Å². The Morgan fingerprint density at radius 2 is 1.79 bits per heavy atom. The smallest absolute Gasteiger partial charge is 0.332 e. The van der Waals surface area contributed by atoms with E-state index in [1.807, 2.05) is 25.1 Å². The zero-order chi connectivity index (χ0) is 23.6. The summed E-state index contributed by atoms with van der Waals surface area (Å²) < 4.78 is 0. The van der Waals surface area contributed by atoms with E-state index in [9.17, 15) is 9.59 Å². The number of rotatable bonds is 3. The molecule has 1 N–H and O–H groups in total. The van der Waals surface area contributed by atoms with Crippen molar-refractivity contribution in [3.05, 3.63) is 100 Å². The number of nitrogens with zero attached hydrogens (tertiary/aromatic N) is 2. The highest BCUT2D eigenvalue weighted by Crippen LogP contribution is 2.50. The van der Waals surface area contributed by atoms with E-state index < -0.39 is 5.54 Å². The lowest BCUT2D eigenvalue weighted by molar-refractivity contribution is -0.125. The molecule has 1 aromatic heterocycles. The fourth-order valence-corrected chi connectivity index (χ4v) is 5.70. The number of aromatic nitrogens is 1. The molecular weight excluding hydrogens is 446 g/mol. The van der Waals surface area contributed by atoms with E-state index in [0.717, 1.165) is 34.1 Å². The summed E-state index contributed by atoms with van der Waals surface area (Å²) in [6.45, 7) is 4.40. The Morgan fingerprint density at radius 3 is 2.53 bits per heavy atom. The molecule has 1 fully saturated rings. The second-order valence-electron chi connectivity index (χ2n) is 9.19. The lowest BCUT2D eigenvalue weighted by Gasteiger charge is -2.40. The van der Waals surface area contributed by atoms with Crippen molar-refractivity contribution in [1.29, 1.82) is 0 Å². The minimum atomic E-state index is -1.13. The summed E-state index contributed by atoms with van der Waals surface area (Å²) >= 11 is 6.20. The summed E-state index contributed by atoms with van der Waals surface area (Å²) in [7, 11) is 0. The number of aryl methyl sites for hydroxylation is 1. The Balaban J connectivity index is 1.57. The van der Waals surface area contributed by atoms with E-state index in [1.54, 1.807) is 29.2 Å². The van der Waals surface area contributed by atoms with Crippen LogP contribution in [0.5, 0.6) is 0 Å². The van der Waals surface area contributed by atoms with Gasteiger partial charge in [0.2, 0.25) is 0 Å². The number of amides is 3. The van der Waals surface area contributed by atoms with Gasteiger partial charge in [-0.3, -0.25) is 4.79 Å². The maximum absolute atomic E-state index is 14.0. The van der Waals surface area contributed by atoms with Gasteiger partial charge in [-0.05, 0) is 54.3 Å². The van der Waals surface area contributed by atoms with Crippen LogP contribution in [0.1, 0.15) is 42.1 Å². The van der Waals surface area contributed by atoms with E-state index >= 15 is 0 Å². The van der Waals surface area contributed by atoms with Crippen LogP contribution in [0, 0.1) is 0 Å². The zero-order valence-electron chi connectivity index (χ0n) is 19.0. The maximum atomic E-state index is 14.0. The maximum Gasteiger partial charge on any atom is 0.332 e. The first kappa shape index (κ1) is 21.0. The van der Waals surface area contributed by atoms with E-state index in [1.165, 1.54) is 10.5 Å². The molecule has 2 aliphatic heterocycles. The molecule has 2 aliphatic rings. The van der Waals surface area contributed by atoms with Crippen LogP contribution in [0.15, 0.2) is 72.8 Å². The van der Waals surface area contributed by atoms with E-state index in [2.05, 4.69) is 42.2 Å². The summed E-state index contributed by atoms with van der Waals surface area (Å²) in [5.74, 6) is -0.325. The molecule has 3 heterocycles. The normalized spacial score (nSPS) is 21.8. The van der Waals surface area contributed by atoms with E-state index in [0.29, 0.717) is 17.3 Å². The highest BCUT2D eigenvalue weighted by molar-refractivity contribution is 6.31. The number of imide groups is 1. The molecule has 3 aromatic carbocycles. The van der Waals surface area contributed by atoms with Crippen LogP contribution in [-0.2, 0) is 16.8 Å². The highest BCUT2D eigenvalue weighted by Gasteiger charge is 2.60. The standard InChI is InChI=1S/C28H24ClN3O2/c1-3-17-11-13-18(14-12-17)22-16-31-27(34)32(20-8-6-7-19(29)15-20)26(33)28(31,2)25-24(22)21-9-4-5-10-23(21)30-25/h4-15,22,30H,3,16H2,1-2H3/t22-,28-/m0/s1. The predicted octanol–water partition coefficient (Wildman–Crippen LogP) is 6.21. The van der Waals surface area contributed by atoms with Crippen molar-refractivity contribution in [2.75, 3.05) is 11.4 Å². The number of hydrogen-bond acceptors (Lipinski definition) is 2. The summed E-state index contributed by atoms with van der Waals surface area (Å²) in [5.41, 5.74) is 4.59. The van der Waals surface area contributed by atoms with Gasteiger partial charge in [0, 0.05) is 28.4 Å². The van der Waals surface area contributed by atoms with E-state index in [4.69, 9.17) is 11.6 Å². The Hall–Kier alpha value is -3.57. The third-order valence-corrected chi connectivity index (χ3v) is 7.62. The van der Waals surface area contributed by atoms with Crippen molar-refractivity contribution in [3.63, 3.8) is 0 Å². The lowest BCUT2D eigenvalue weighted by Crippen LogP contribution is -2.50. The number of halogens is 1. The van der Waals surface area contributed by atoms with Gasteiger partial charge in [0.15, 0.2) is 5.54 Å². The Morgan fingerprint density at radius 1 is 1.03 bits per heavy atom. The molecule has 0 radical (unpaired) electrons. The van der Waals surface area contributed by atoms with Gasteiger partial charge in [0.05, 0.1) is 11.4 Å². The van der Waals surface area contributed by atoms with Gasteiger partial charge >= 0.3 is 6.03 Å². The number of benzene rings is 3. The van der Waals surface area contributed by atoms with Crippen molar-refractivity contribution < 1.29 is 9.59 Å². The minimum absolute atomic E-state index is 0.0545. The molecule has 0 bridgehead atoms. The number of aromatic amines is 1. The zero-order valence-corrected chi connectivity index (χ0v) is 19.8. The molecular formula is C28H24ClN3O2. The highest BCUT2D eigenvalue weighted by atomic mass is 35.5. The number of urea groups is 1. The number of H-pyrrole nitrogens is 1. The van der Waals surface area contributed by atoms with Crippen molar-refractivity contribution in [3.8, 4) is 0 Å². The third kappa shape index (κ3) is 2.80. The molecule has 0 aliphatic carbocycles. The Bertz CT molecular complexity index is 1460. The first-order valence-electron chi connectivity index (χ1n) is 11.5. The van der Waals surface area contributed by atoms with Crippen molar-refractivity contribution in [1.82, 2.24) is 9.88 Å². The average Bonchev–Trinajstić information content (AvgIpc) is 3.33. The predicted molar refractivity (Wildman–Crippen MR) is 134 cm³/mol. The Kier molecular flexibility index (Phi) is 4.61. The van der Waals surface area contributed by atoms with Gasteiger partial charge in [0.25, 0.3) is 5.91 Å². The van der Waals surface area contributed by atoms with Crippen molar-refractivity contribution in [2.45, 2.75) is 31.7 Å². The number of carbonyl (C=O) groups excluding carboxylic acids is 2. The molecule has 34 heavy (non-hydrogen) atoms. The Labute approximate surface area is 202 Å². The summed E-state index contributed by atoms with van der Waals surface area (Å²) in [4.78, 5) is 34.2. The molecule has 0 spiro atoms. The fraction of sp³-hybridized carbons (Fsp3) is 0.214. The second kappa shape index (κ2) is 7.47. The van der Waals surface area contributed by atoms with Crippen molar-refractivity contribution >= 4 is 40.1 Å². The number of para-hydroxylation sites is 1. The lowest BCUT2D eigenvalue weighted by atomic mass is 9.78. The SMILES string of the molecule is CCc1ccc([C@@H]2CN3C(=O)N(c4cccc(Cl)c4)C(=O)[C@]3(C)c3[nH]c4ccccc4c32)cc1. The molecule has 170 valence electrons. The molecule has 0 unspecified atom stereocenters. The molecule has 6 rings (SSSR count). The average molecular weight is 470 g/mol. The van der Waals surface area contributed by atoms with Crippen LogP contribution < -0.4 is 4.90 Å². The molecule has 3 amide bonds. The summed E-state index contributed by atoms with van der Waals surface area (Å²) in [5, 5.41) is 1.57. The van der Waals surface area contributed by atoms with Crippen LogP contribution in [0.3, 0.4) is 0 Å². The largest absolute Gasteiger partial charge is 0.356 e. The number of hydrogen-bond donors (Lipinski definition) is 1. The molecule has 0 saturated carbocycles. The minimum Gasteiger partial charge on any atom is -0.356 e. The van der Waals surface area contributed by atoms with Gasteiger partial charge in [-0.2, -0.15) is 0 Å². The first-order valence-corrected chi connectivity index (χ1v) is 11.9. The van der Waals surface area contributed by atoms with Gasteiger partial charge in [-0.1, -0.05) is 67.1 Å². The summed E-state index contributed by atoms with van der Waals surface area (Å²) in [6.07, 6.45) is 0.967. The fourth-order valence-electron chi connectivity index (χ4n) is 5.52. The van der Waals surface area contributed by atoms with Gasteiger partial charge in [-0.15, -0.1) is 0 Å². The van der Waals surface area contributed by atoms with Crippen LogP contribution in [0.4, 0.5) is 10.5 Å². The number of fused-ring (bicyclic) bond motifs is 5. The topological polar surface area (TPSA) is 56.4 Å². The first-order chi connectivity index (χ1) is 16.4. The molecule has 6 heteroatoms. The molecule has 1 saturated heterocycles. The summed E-state index contributed by atoms with van der Waals surface area (Å²) in [6, 6.07) is 23.3. The van der Waals surface area contributed by atoms with Gasteiger partial charge in [-0.25, -0.2) is 9.69 Å². The van der Waals surface area contributed by atoms with Crippen LogP contribution in [0.2, 0.25) is 5.02 Å². The van der Waals surface area contributed by atoms with Crippen molar-refractivity contribution in [2.24, 2.45) is 0 Å². The van der Waals surface area contributed by atoms with Gasteiger partial charge < -0.3 is 9.88 Å². The third-order valence-electron chi connectivity index (χ3n) is 7.38. The molecule has 4 aromatic rings. The number of anilines is 1. The van der Waals surface area contributed by atoms with Crippen LogP contribution in [0.25, 0.3) is 10.9 Å². The molecule has 5 nitrogen and oxygen atoms in total. The number of carbonyl (C=O) groups is 2. The monoisotopic (exact) mass is 469 g/mol. The van der Waals surface area contributed by atoms with Crippen LogP contribution in [-0.4, -0.2) is 28.4 Å². The van der Waals surface area contributed by atoms with E-state index in [-0.39, 0.29) is 17.9 Å². The second-order valence-corrected chi connectivity index (χ2v) is 9.63. The molecule has 2 atom stereocenters. The number of nitrogens with one attached hydrogen (secondary N) is 1.